The zero-order valence-electron chi connectivity index (χ0n) is 14.5. The van der Waals surface area contributed by atoms with E-state index in [1.807, 2.05) is 0 Å². The van der Waals surface area contributed by atoms with Gasteiger partial charge in [0.1, 0.15) is 11.0 Å². The predicted molar refractivity (Wildman–Crippen MR) is 104 cm³/mol. The van der Waals surface area contributed by atoms with Gasteiger partial charge in [0.25, 0.3) is 0 Å². The van der Waals surface area contributed by atoms with Crippen LogP contribution >= 0.6 is 23.1 Å². The SMILES string of the molecule is CC(=O)Oc1ccc(NC(=O)CC2SC(=Nc3nccs3)N(C)C2=O)cc1. The lowest BCUT2D eigenvalue weighted by Gasteiger charge is -2.09. The number of benzene rings is 1. The van der Waals surface area contributed by atoms with Crippen molar-refractivity contribution in [1.82, 2.24) is 9.88 Å². The van der Waals surface area contributed by atoms with Crippen LogP contribution in [0.25, 0.3) is 0 Å². The fourth-order valence-corrected chi connectivity index (χ4v) is 4.00. The number of anilines is 1. The molecule has 3 rings (SSSR count). The summed E-state index contributed by atoms with van der Waals surface area (Å²) in [5.41, 5.74) is 0.552. The number of thioether (sulfide) groups is 1. The van der Waals surface area contributed by atoms with E-state index in [1.54, 1.807) is 42.9 Å². The van der Waals surface area contributed by atoms with Crippen molar-refractivity contribution in [2.75, 3.05) is 12.4 Å². The van der Waals surface area contributed by atoms with Crippen molar-refractivity contribution >= 4 is 56.9 Å². The Balaban J connectivity index is 1.59. The zero-order valence-corrected chi connectivity index (χ0v) is 16.2. The maximum absolute atomic E-state index is 12.4. The third-order valence-electron chi connectivity index (χ3n) is 3.52. The highest BCUT2D eigenvalue weighted by molar-refractivity contribution is 8.15. The molecule has 140 valence electrons. The Morgan fingerprint density at radius 3 is 2.70 bits per heavy atom. The summed E-state index contributed by atoms with van der Waals surface area (Å²) in [7, 11) is 1.63. The molecule has 1 fully saturated rings. The molecule has 0 radical (unpaired) electrons. The molecular weight excluding hydrogens is 388 g/mol. The van der Waals surface area contributed by atoms with Gasteiger partial charge in [-0.2, -0.15) is 4.99 Å². The lowest BCUT2D eigenvalue weighted by atomic mass is 10.2. The normalized spacial score (nSPS) is 18.0. The van der Waals surface area contributed by atoms with Crippen LogP contribution in [0.15, 0.2) is 40.8 Å². The Labute approximate surface area is 163 Å². The summed E-state index contributed by atoms with van der Waals surface area (Å²) in [6.07, 6.45) is 1.67. The molecule has 10 heteroatoms. The third-order valence-corrected chi connectivity index (χ3v) is 5.42. The summed E-state index contributed by atoms with van der Waals surface area (Å²) >= 11 is 2.62. The number of ether oxygens (including phenoxy) is 1. The molecule has 0 bridgehead atoms. The maximum Gasteiger partial charge on any atom is 0.308 e. The van der Waals surface area contributed by atoms with Gasteiger partial charge in [0.15, 0.2) is 5.17 Å². The summed E-state index contributed by atoms with van der Waals surface area (Å²) in [5.74, 6) is -0.477. The van der Waals surface area contributed by atoms with Gasteiger partial charge in [-0.05, 0) is 24.3 Å². The number of hydrogen-bond donors (Lipinski definition) is 1. The number of carbonyl (C=O) groups is 3. The number of aliphatic imine (C=N–C) groups is 1. The fraction of sp³-hybridized carbons (Fsp3) is 0.235. The number of amides is 2. The van der Waals surface area contributed by atoms with Gasteiger partial charge in [-0.3, -0.25) is 19.3 Å². The van der Waals surface area contributed by atoms with Crippen molar-refractivity contribution in [3.8, 4) is 5.75 Å². The van der Waals surface area contributed by atoms with Crippen molar-refractivity contribution in [2.24, 2.45) is 4.99 Å². The molecule has 0 aliphatic carbocycles. The second-order valence-corrected chi connectivity index (χ2v) is 7.63. The third kappa shape index (κ3) is 4.92. The molecule has 1 N–H and O–H groups in total. The Morgan fingerprint density at radius 1 is 1.33 bits per heavy atom. The van der Waals surface area contributed by atoms with E-state index in [0.29, 0.717) is 21.7 Å². The monoisotopic (exact) mass is 404 g/mol. The predicted octanol–water partition coefficient (Wildman–Crippen LogP) is 2.66. The largest absolute Gasteiger partial charge is 0.427 e. The summed E-state index contributed by atoms with van der Waals surface area (Å²) in [5, 5.41) is 5.09. The first-order valence-electron chi connectivity index (χ1n) is 7.93. The minimum atomic E-state index is -0.533. The molecule has 1 aromatic heterocycles. The Bertz CT molecular complexity index is 881. The first kappa shape index (κ1) is 19.1. The van der Waals surface area contributed by atoms with Crippen LogP contribution in [0.5, 0.6) is 5.75 Å². The molecule has 0 saturated carbocycles. The highest BCUT2D eigenvalue weighted by Gasteiger charge is 2.37. The van der Waals surface area contributed by atoms with E-state index in [1.165, 1.54) is 34.9 Å². The number of carbonyl (C=O) groups excluding carboxylic acids is 3. The highest BCUT2D eigenvalue weighted by atomic mass is 32.2. The number of nitrogens with zero attached hydrogens (tertiary/aromatic N) is 3. The molecule has 8 nitrogen and oxygen atoms in total. The summed E-state index contributed by atoms with van der Waals surface area (Å²) < 4.78 is 4.94. The minimum Gasteiger partial charge on any atom is -0.427 e. The van der Waals surface area contributed by atoms with Crippen molar-refractivity contribution in [1.29, 1.82) is 0 Å². The quantitative estimate of drug-likeness (QED) is 0.607. The Morgan fingerprint density at radius 2 is 2.07 bits per heavy atom. The molecule has 1 aromatic carbocycles. The molecular formula is C17H16N4O4S2. The van der Waals surface area contributed by atoms with Crippen molar-refractivity contribution < 1.29 is 19.1 Å². The number of rotatable bonds is 5. The maximum atomic E-state index is 12.4. The average Bonchev–Trinajstić information content (AvgIpc) is 3.21. The van der Waals surface area contributed by atoms with Crippen LogP contribution in [0.2, 0.25) is 0 Å². The Kier molecular flexibility index (Phi) is 5.87. The average molecular weight is 404 g/mol. The number of esters is 1. The smallest absolute Gasteiger partial charge is 0.308 e. The van der Waals surface area contributed by atoms with Gasteiger partial charge >= 0.3 is 5.97 Å². The van der Waals surface area contributed by atoms with E-state index in [0.717, 1.165) is 0 Å². The second kappa shape index (κ2) is 8.31. The van der Waals surface area contributed by atoms with E-state index < -0.39 is 11.2 Å². The molecule has 27 heavy (non-hydrogen) atoms. The molecule has 1 atom stereocenters. The van der Waals surface area contributed by atoms with Crippen LogP contribution < -0.4 is 10.1 Å². The number of amidine groups is 1. The lowest BCUT2D eigenvalue weighted by molar-refractivity contribution is -0.132. The Hall–Kier alpha value is -2.72. The van der Waals surface area contributed by atoms with Crippen LogP contribution in [0, 0.1) is 0 Å². The van der Waals surface area contributed by atoms with Gasteiger partial charge in [-0.15, -0.1) is 11.3 Å². The number of nitrogens with one attached hydrogen (secondary N) is 1. The van der Waals surface area contributed by atoms with Gasteiger partial charge in [0.2, 0.25) is 16.9 Å². The van der Waals surface area contributed by atoms with Gasteiger partial charge in [0.05, 0.1) is 0 Å². The van der Waals surface area contributed by atoms with Crippen molar-refractivity contribution in [2.45, 2.75) is 18.6 Å². The molecule has 1 saturated heterocycles. The molecule has 1 unspecified atom stereocenters. The van der Waals surface area contributed by atoms with E-state index in [9.17, 15) is 14.4 Å². The summed E-state index contributed by atoms with van der Waals surface area (Å²) in [4.78, 5) is 45.4. The van der Waals surface area contributed by atoms with Crippen molar-refractivity contribution in [3.63, 3.8) is 0 Å². The van der Waals surface area contributed by atoms with Gasteiger partial charge in [-0.25, -0.2) is 4.98 Å². The van der Waals surface area contributed by atoms with Crippen LogP contribution in [0.1, 0.15) is 13.3 Å². The van der Waals surface area contributed by atoms with Crippen LogP contribution in [0.4, 0.5) is 10.8 Å². The van der Waals surface area contributed by atoms with Gasteiger partial charge < -0.3 is 10.1 Å². The van der Waals surface area contributed by atoms with E-state index in [-0.39, 0.29) is 18.2 Å². The second-order valence-electron chi connectivity index (χ2n) is 5.58. The molecule has 0 spiro atoms. The van der Waals surface area contributed by atoms with Crippen LogP contribution in [-0.2, 0) is 14.4 Å². The number of hydrogen-bond acceptors (Lipinski definition) is 8. The molecule has 2 amide bonds. The molecule has 2 heterocycles. The molecule has 1 aliphatic rings. The number of aromatic nitrogens is 1. The standard InChI is InChI=1S/C17H16N4O4S2/c1-10(22)25-12-5-3-11(4-6-12)19-14(23)9-13-15(24)21(2)17(27-13)20-16-18-7-8-26-16/h3-8,13H,9H2,1-2H3,(H,19,23). The highest BCUT2D eigenvalue weighted by Crippen LogP contribution is 2.31. The first-order chi connectivity index (χ1) is 12.9. The summed E-state index contributed by atoms with van der Waals surface area (Å²) in [6, 6.07) is 6.42. The van der Waals surface area contributed by atoms with E-state index in [4.69, 9.17) is 4.74 Å². The zero-order chi connectivity index (χ0) is 19.4. The number of thiazole rings is 1. The lowest BCUT2D eigenvalue weighted by Crippen LogP contribution is -2.30. The molecule has 2 aromatic rings. The fourth-order valence-electron chi connectivity index (χ4n) is 2.30. The van der Waals surface area contributed by atoms with E-state index >= 15 is 0 Å². The summed E-state index contributed by atoms with van der Waals surface area (Å²) in [6.45, 7) is 1.31. The van der Waals surface area contributed by atoms with Gasteiger partial charge in [-0.1, -0.05) is 11.8 Å². The van der Waals surface area contributed by atoms with Crippen molar-refractivity contribution in [3.05, 3.63) is 35.8 Å². The molecule has 1 aliphatic heterocycles. The van der Waals surface area contributed by atoms with Crippen LogP contribution in [0.3, 0.4) is 0 Å². The topological polar surface area (TPSA) is 101 Å². The first-order valence-corrected chi connectivity index (χ1v) is 9.69. The van der Waals surface area contributed by atoms with Gasteiger partial charge in [0, 0.05) is 37.7 Å². The minimum absolute atomic E-state index is 0.0242. The van der Waals surface area contributed by atoms with Crippen LogP contribution in [-0.4, -0.2) is 45.1 Å². The van der Waals surface area contributed by atoms with E-state index in [2.05, 4.69) is 15.3 Å².